The molecule has 2 aromatic rings. The van der Waals surface area contributed by atoms with Crippen molar-refractivity contribution in [3.8, 4) is 0 Å². The van der Waals surface area contributed by atoms with Gasteiger partial charge in [-0.05, 0) is 44.2 Å². The lowest BCUT2D eigenvalue weighted by molar-refractivity contribution is -0.117. The molecule has 0 aliphatic heterocycles. The molecule has 5 nitrogen and oxygen atoms in total. The van der Waals surface area contributed by atoms with Crippen LogP contribution in [0.5, 0.6) is 0 Å². The fraction of sp³-hybridized carbons (Fsp3) is 0.267. The molecule has 1 aromatic carbocycles. The first-order chi connectivity index (χ1) is 10.4. The number of Topliss-reactive ketones (excluding diaryl/α,β-unsaturated/α-hetero) is 1. The highest BCUT2D eigenvalue weighted by atomic mass is 19.3. The Morgan fingerprint density at radius 3 is 2.45 bits per heavy atom. The maximum Gasteiger partial charge on any atom is 0.280 e. The SMILES string of the molecule is CC(=O)c1ccc(NC(=O)Cn2nc(C)cc2C(F)F)cc1. The maximum atomic E-state index is 12.8. The molecule has 0 radical (unpaired) electrons. The number of carbonyl (C=O) groups excluding carboxylic acids is 2. The molecule has 0 saturated heterocycles. The number of rotatable bonds is 5. The van der Waals surface area contributed by atoms with Crippen molar-refractivity contribution >= 4 is 17.4 Å². The van der Waals surface area contributed by atoms with E-state index in [-0.39, 0.29) is 18.0 Å². The molecule has 1 N–H and O–H groups in total. The van der Waals surface area contributed by atoms with Crippen LogP contribution in [0.1, 0.15) is 35.1 Å². The van der Waals surface area contributed by atoms with Crippen molar-refractivity contribution in [2.75, 3.05) is 5.32 Å². The number of halogens is 2. The number of nitrogens with zero attached hydrogens (tertiary/aromatic N) is 2. The topological polar surface area (TPSA) is 64.0 Å². The van der Waals surface area contributed by atoms with Gasteiger partial charge in [0.15, 0.2) is 5.78 Å². The van der Waals surface area contributed by atoms with Crippen molar-refractivity contribution in [1.29, 1.82) is 0 Å². The quantitative estimate of drug-likeness (QED) is 0.864. The van der Waals surface area contributed by atoms with Crippen LogP contribution in [0, 0.1) is 6.92 Å². The molecular weight excluding hydrogens is 292 g/mol. The van der Waals surface area contributed by atoms with Gasteiger partial charge in [0, 0.05) is 11.3 Å². The number of carbonyl (C=O) groups is 2. The van der Waals surface area contributed by atoms with Crippen LogP contribution < -0.4 is 5.32 Å². The van der Waals surface area contributed by atoms with Gasteiger partial charge in [0.25, 0.3) is 6.43 Å². The van der Waals surface area contributed by atoms with Crippen LogP contribution in [-0.4, -0.2) is 21.5 Å². The normalized spacial score (nSPS) is 10.8. The first-order valence-corrected chi connectivity index (χ1v) is 6.60. The van der Waals surface area contributed by atoms with Gasteiger partial charge in [0.2, 0.25) is 5.91 Å². The lowest BCUT2D eigenvalue weighted by Crippen LogP contribution is -2.21. The van der Waals surface area contributed by atoms with E-state index in [0.29, 0.717) is 16.9 Å². The van der Waals surface area contributed by atoms with Crippen LogP contribution in [0.3, 0.4) is 0 Å². The predicted molar refractivity (Wildman–Crippen MR) is 77.0 cm³/mol. The van der Waals surface area contributed by atoms with Gasteiger partial charge in [-0.1, -0.05) is 0 Å². The molecule has 0 spiro atoms. The summed E-state index contributed by atoms with van der Waals surface area (Å²) in [7, 11) is 0. The number of anilines is 1. The van der Waals surface area contributed by atoms with Crippen molar-refractivity contribution in [3.63, 3.8) is 0 Å². The van der Waals surface area contributed by atoms with Gasteiger partial charge < -0.3 is 5.32 Å². The van der Waals surface area contributed by atoms with Crippen LogP contribution in [0.15, 0.2) is 30.3 Å². The number of hydrogen-bond donors (Lipinski definition) is 1. The molecule has 2 rings (SSSR count). The third kappa shape index (κ3) is 3.75. The first kappa shape index (κ1) is 15.8. The van der Waals surface area contributed by atoms with Gasteiger partial charge in [-0.25, -0.2) is 8.78 Å². The average molecular weight is 307 g/mol. The summed E-state index contributed by atoms with van der Waals surface area (Å²) in [5.74, 6) is -0.549. The summed E-state index contributed by atoms with van der Waals surface area (Å²) in [6.07, 6.45) is -2.69. The first-order valence-electron chi connectivity index (χ1n) is 6.60. The summed E-state index contributed by atoms with van der Waals surface area (Å²) in [5.41, 5.74) is 1.15. The van der Waals surface area contributed by atoms with E-state index in [4.69, 9.17) is 0 Å². The Morgan fingerprint density at radius 2 is 1.91 bits per heavy atom. The van der Waals surface area contributed by atoms with E-state index in [1.165, 1.54) is 13.0 Å². The van der Waals surface area contributed by atoms with Crippen LogP contribution in [0.25, 0.3) is 0 Å². The van der Waals surface area contributed by atoms with Crippen molar-refractivity contribution in [1.82, 2.24) is 9.78 Å². The molecule has 1 heterocycles. The Hall–Kier alpha value is -2.57. The molecule has 0 bridgehead atoms. The van der Waals surface area contributed by atoms with E-state index < -0.39 is 12.3 Å². The predicted octanol–water partition coefficient (Wildman–Crippen LogP) is 2.97. The van der Waals surface area contributed by atoms with Crippen molar-refractivity contribution < 1.29 is 18.4 Å². The lowest BCUT2D eigenvalue weighted by atomic mass is 10.1. The standard InChI is InChI=1S/C15H15F2N3O2/c1-9-7-13(15(16)17)20(19-9)8-14(22)18-12-5-3-11(4-6-12)10(2)21/h3-7,15H,8H2,1-2H3,(H,18,22). The van der Waals surface area contributed by atoms with E-state index in [9.17, 15) is 18.4 Å². The summed E-state index contributed by atoms with van der Waals surface area (Å²) < 4.78 is 26.6. The highest BCUT2D eigenvalue weighted by Crippen LogP contribution is 2.19. The van der Waals surface area contributed by atoms with Crippen molar-refractivity contribution in [2.24, 2.45) is 0 Å². The summed E-state index contributed by atoms with van der Waals surface area (Å²) in [6.45, 7) is 2.72. The maximum absolute atomic E-state index is 12.8. The largest absolute Gasteiger partial charge is 0.324 e. The number of aromatic nitrogens is 2. The third-order valence-electron chi connectivity index (χ3n) is 3.03. The molecule has 7 heteroatoms. The minimum Gasteiger partial charge on any atom is -0.324 e. The summed E-state index contributed by atoms with van der Waals surface area (Å²) in [4.78, 5) is 23.1. The van der Waals surface area contributed by atoms with Crippen LogP contribution >= 0.6 is 0 Å². The Balaban J connectivity index is 2.05. The van der Waals surface area contributed by atoms with Crippen molar-refractivity contribution in [2.45, 2.75) is 26.8 Å². The molecule has 0 saturated carbocycles. The molecule has 1 aromatic heterocycles. The van der Waals surface area contributed by atoms with Gasteiger partial charge >= 0.3 is 0 Å². The van der Waals surface area contributed by atoms with E-state index in [2.05, 4.69) is 10.4 Å². The molecule has 0 unspecified atom stereocenters. The van der Waals surface area contributed by atoms with Gasteiger partial charge in [0.1, 0.15) is 12.2 Å². The minimum atomic E-state index is -2.69. The molecule has 22 heavy (non-hydrogen) atoms. The third-order valence-corrected chi connectivity index (χ3v) is 3.03. The highest BCUT2D eigenvalue weighted by molar-refractivity contribution is 5.95. The monoisotopic (exact) mass is 307 g/mol. The Bertz CT molecular complexity index is 693. The lowest BCUT2D eigenvalue weighted by Gasteiger charge is -2.08. The number of nitrogens with one attached hydrogen (secondary N) is 1. The number of hydrogen-bond acceptors (Lipinski definition) is 3. The van der Waals surface area contributed by atoms with E-state index in [0.717, 1.165) is 4.68 Å². The molecule has 0 atom stereocenters. The van der Waals surface area contributed by atoms with Gasteiger partial charge in [-0.15, -0.1) is 0 Å². The van der Waals surface area contributed by atoms with E-state index in [1.807, 2.05) is 0 Å². The zero-order valence-corrected chi connectivity index (χ0v) is 12.1. The number of aryl methyl sites for hydroxylation is 1. The molecular formula is C15H15F2N3O2. The second kappa shape index (κ2) is 6.46. The molecule has 0 fully saturated rings. The van der Waals surface area contributed by atoms with Crippen molar-refractivity contribution in [3.05, 3.63) is 47.3 Å². The zero-order chi connectivity index (χ0) is 16.3. The summed E-state index contributed by atoms with van der Waals surface area (Å²) >= 11 is 0. The number of alkyl halides is 2. The number of ketones is 1. The second-order valence-corrected chi connectivity index (χ2v) is 4.85. The minimum absolute atomic E-state index is 0.0773. The average Bonchev–Trinajstić information content (AvgIpc) is 2.80. The zero-order valence-electron chi connectivity index (χ0n) is 12.1. The van der Waals surface area contributed by atoms with Crippen LogP contribution in [0.4, 0.5) is 14.5 Å². The molecule has 0 aliphatic carbocycles. The highest BCUT2D eigenvalue weighted by Gasteiger charge is 2.17. The number of benzene rings is 1. The second-order valence-electron chi connectivity index (χ2n) is 4.85. The fourth-order valence-electron chi connectivity index (χ4n) is 1.99. The Morgan fingerprint density at radius 1 is 1.27 bits per heavy atom. The molecule has 1 amide bonds. The summed E-state index contributed by atoms with van der Waals surface area (Å²) in [5, 5.41) is 6.46. The van der Waals surface area contributed by atoms with E-state index in [1.54, 1.807) is 31.2 Å². The smallest absolute Gasteiger partial charge is 0.280 e. The molecule has 0 aliphatic rings. The van der Waals surface area contributed by atoms with Gasteiger partial charge in [0.05, 0.1) is 5.69 Å². The molecule has 116 valence electrons. The Labute approximate surface area is 125 Å². The van der Waals surface area contributed by atoms with Gasteiger partial charge in [-0.2, -0.15) is 5.10 Å². The van der Waals surface area contributed by atoms with Gasteiger partial charge in [-0.3, -0.25) is 14.3 Å². The van der Waals surface area contributed by atoms with E-state index >= 15 is 0 Å². The fourth-order valence-corrected chi connectivity index (χ4v) is 1.99. The number of amides is 1. The Kier molecular flexibility index (Phi) is 4.65. The van der Waals surface area contributed by atoms with Crippen LogP contribution in [0.2, 0.25) is 0 Å². The summed E-state index contributed by atoms with van der Waals surface area (Å²) in [6, 6.07) is 7.58. The van der Waals surface area contributed by atoms with Crippen LogP contribution in [-0.2, 0) is 11.3 Å².